The van der Waals surface area contributed by atoms with Crippen LogP contribution in [0.25, 0.3) is 32.8 Å². The van der Waals surface area contributed by atoms with Gasteiger partial charge in [-0.05, 0) is 69.4 Å². The molecule has 0 bridgehead atoms. The van der Waals surface area contributed by atoms with Crippen molar-refractivity contribution < 1.29 is 36.9 Å². The number of phenols is 1. The summed E-state index contributed by atoms with van der Waals surface area (Å²) in [6, 6.07) is 5.59. The number of phenolic OH excluding ortho intramolecular Hbond substituents is 1. The fourth-order valence-electron chi connectivity index (χ4n) is 7.21. The molecule has 3 heterocycles. The number of aromatic hydroxyl groups is 1. The highest BCUT2D eigenvalue weighted by Gasteiger charge is 2.44. The standard InChI is InChI=1S/C35H35F5N4O3/c1-5-21-25(36)8-7-19-13-20(45)14-22(27(19)21)28-26(37)15-23-30(29(28)38)41-33(42-32(23)44-11-6-10-35(3,46)17-44)47-18-34(2)16-43(4)12-9-24(34)31(39)40/h1,7-8,13-15,24,31,45-46H,6,9-12,16-18H2,2-4H3/t24-,34+,35-/m1/s1. The lowest BCUT2D eigenvalue weighted by Gasteiger charge is -2.44. The highest BCUT2D eigenvalue weighted by molar-refractivity contribution is 6.04. The Morgan fingerprint density at radius 3 is 2.55 bits per heavy atom. The van der Waals surface area contributed by atoms with Gasteiger partial charge in [-0.1, -0.05) is 18.9 Å². The van der Waals surface area contributed by atoms with Crippen molar-refractivity contribution in [2.75, 3.05) is 44.7 Å². The maximum atomic E-state index is 16.8. The van der Waals surface area contributed by atoms with Crippen LogP contribution >= 0.6 is 0 Å². The SMILES string of the molecule is C#Cc1c(F)ccc2cc(O)cc(-c3c(F)cc4c(N5CCC[C@@](C)(O)C5)nc(OC[C@]5(C)CN(C)CC[C@@H]5C(F)F)nc4c3F)c12. The Labute approximate surface area is 269 Å². The van der Waals surface area contributed by atoms with Crippen LogP contribution in [0.1, 0.15) is 38.7 Å². The van der Waals surface area contributed by atoms with E-state index in [2.05, 4.69) is 15.9 Å². The first-order chi connectivity index (χ1) is 22.2. The first-order valence-corrected chi connectivity index (χ1v) is 15.4. The molecule has 7 nitrogen and oxygen atoms in total. The number of terminal acetylenes is 1. The van der Waals surface area contributed by atoms with Crippen molar-refractivity contribution in [1.29, 1.82) is 0 Å². The third kappa shape index (κ3) is 6.03. The molecule has 2 saturated heterocycles. The van der Waals surface area contributed by atoms with Gasteiger partial charge in [-0.3, -0.25) is 0 Å². The fraction of sp³-hybridized carbons (Fsp3) is 0.429. The van der Waals surface area contributed by atoms with Crippen molar-refractivity contribution in [2.24, 2.45) is 11.3 Å². The summed E-state index contributed by atoms with van der Waals surface area (Å²) < 4.78 is 82.0. The number of halogens is 5. The van der Waals surface area contributed by atoms with Crippen LogP contribution in [0, 0.1) is 41.1 Å². The minimum Gasteiger partial charge on any atom is -0.508 e. The third-order valence-corrected chi connectivity index (χ3v) is 9.47. The van der Waals surface area contributed by atoms with E-state index in [1.54, 1.807) is 18.7 Å². The van der Waals surface area contributed by atoms with E-state index in [9.17, 15) is 23.4 Å². The largest absolute Gasteiger partial charge is 0.508 e. The number of likely N-dealkylation sites (tertiary alicyclic amines) is 1. The molecule has 3 atom stereocenters. The van der Waals surface area contributed by atoms with E-state index in [0.29, 0.717) is 32.5 Å². The van der Waals surface area contributed by atoms with E-state index >= 15 is 8.78 Å². The molecule has 2 N–H and O–H groups in total. The summed E-state index contributed by atoms with van der Waals surface area (Å²) >= 11 is 0. The Morgan fingerprint density at radius 2 is 1.85 bits per heavy atom. The van der Waals surface area contributed by atoms with Crippen molar-refractivity contribution in [2.45, 2.75) is 45.1 Å². The van der Waals surface area contributed by atoms with E-state index < -0.39 is 46.4 Å². The zero-order valence-electron chi connectivity index (χ0n) is 26.3. The molecule has 6 rings (SSSR count). The molecular weight excluding hydrogens is 619 g/mol. The van der Waals surface area contributed by atoms with Crippen molar-refractivity contribution >= 4 is 27.5 Å². The molecule has 1 aromatic heterocycles. The van der Waals surface area contributed by atoms with Gasteiger partial charge in [0.1, 0.15) is 28.7 Å². The zero-order valence-corrected chi connectivity index (χ0v) is 26.3. The second-order valence-corrected chi connectivity index (χ2v) is 13.4. The highest BCUT2D eigenvalue weighted by Crippen LogP contribution is 2.43. The van der Waals surface area contributed by atoms with E-state index in [0.717, 1.165) is 18.2 Å². The van der Waals surface area contributed by atoms with Crippen molar-refractivity contribution in [3.8, 4) is 35.2 Å². The molecule has 2 aliphatic rings. The number of piperidine rings is 2. The Morgan fingerprint density at radius 1 is 1.09 bits per heavy atom. The van der Waals surface area contributed by atoms with Gasteiger partial charge in [0.2, 0.25) is 6.43 Å². The van der Waals surface area contributed by atoms with Crippen LogP contribution in [0.2, 0.25) is 0 Å². The minimum atomic E-state index is -2.58. The lowest BCUT2D eigenvalue weighted by atomic mass is 9.73. The molecule has 0 unspecified atom stereocenters. The molecule has 0 aliphatic carbocycles. The van der Waals surface area contributed by atoms with Crippen molar-refractivity contribution in [3.05, 3.63) is 53.3 Å². The Kier molecular flexibility index (Phi) is 8.43. The first kappa shape index (κ1) is 32.7. The number of fused-ring (bicyclic) bond motifs is 2. The molecule has 4 aromatic rings. The van der Waals surface area contributed by atoms with Gasteiger partial charge in [0.05, 0.1) is 23.3 Å². The van der Waals surface area contributed by atoms with Gasteiger partial charge in [-0.25, -0.2) is 22.0 Å². The van der Waals surface area contributed by atoms with Gasteiger partial charge >= 0.3 is 6.01 Å². The number of aliphatic hydroxyl groups is 1. The number of aromatic nitrogens is 2. The number of hydrogen-bond acceptors (Lipinski definition) is 7. The Balaban J connectivity index is 1.55. The van der Waals surface area contributed by atoms with Crippen LogP contribution in [0.15, 0.2) is 30.3 Å². The second kappa shape index (κ2) is 12.1. The maximum Gasteiger partial charge on any atom is 0.319 e. The molecule has 2 fully saturated rings. The normalized spacial score (nSPS) is 23.9. The summed E-state index contributed by atoms with van der Waals surface area (Å²) in [7, 11) is 1.83. The molecule has 0 radical (unpaired) electrons. The number of alkyl halides is 2. The van der Waals surface area contributed by atoms with Crippen LogP contribution in [0.4, 0.5) is 27.8 Å². The summed E-state index contributed by atoms with van der Waals surface area (Å²) in [4.78, 5) is 12.5. The van der Waals surface area contributed by atoms with Gasteiger partial charge in [0.15, 0.2) is 5.82 Å². The summed E-state index contributed by atoms with van der Waals surface area (Å²) in [5.74, 6) is -1.92. The molecule has 0 spiro atoms. The Bertz CT molecular complexity index is 1910. The van der Waals surface area contributed by atoms with Gasteiger partial charge in [-0.2, -0.15) is 9.97 Å². The van der Waals surface area contributed by atoms with Crippen LogP contribution in [-0.2, 0) is 0 Å². The number of ether oxygens (including phenoxy) is 1. The predicted molar refractivity (Wildman–Crippen MR) is 169 cm³/mol. The maximum absolute atomic E-state index is 16.8. The number of β-amino-alcohol motifs (C(OH)–C–C–N with tert-alkyl or cyclic N) is 1. The quantitative estimate of drug-likeness (QED) is 0.181. The van der Waals surface area contributed by atoms with Crippen LogP contribution in [-0.4, -0.2) is 76.9 Å². The van der Waals surface area contributed by atoms with E-state index in [-0.39, 0.29) is 70.0 Å². The smallest absolute Gasteiger partial charge is 0.319 e. The average Bonchev–Trinajstić information content (AvgIpc) is 2.99. The van der Waals surface area contributed by atoms with Crippen molar-refractivity contribution in [1.82, 2.24) is 14.9 Å². The van der Waals surface area contributed by atoms with Crippen LogP contribution in [0.3, 0.4) is 0 Å². The summed E-state index contributed by atoms with van der Waals surface area (Å²) in [6.07, 6.45) is 4.34. The lowest BCUT2D eigenvalue weighted by molar-refractivity contribution is -0.0679. The van der Waals surface area contributed by atoms with E-state index in [4.69, 9.17) is 11.2 Å². The van der Waals surface area contributed by atoms with E-state index in [1.165, 1.54) is 12.1 Å². The number of rotatable bonds is 6. The summed E-state index contributed by atoms with van der Waals surface area (Å²) in [5, 5.41) is 21.6. The number of benzene rings is 3. The molecule has 12 heteroatoms. The molecule has 0 amide bonds. The minimum absolute atomic E-state index is 0.0179. The second-order valence-electron chi connectivity index (χ2n) is 13.4. The Hall–Kier alpha value is -4.21. The summed E-state index contributed by atoms with van der Waals surface area (Å²) in [5.41, 5.74) is -3.49. The van der Waals surface area contributed by atoms with Gasteiger partial charge in [0.25, 0.3) is 0 Å². The zero-order chi connectivity index (χ0) is 33.8. The van der Waals surface area contributed by atoms with Gasteiger partial charge in [0, 0.05) is 47.3 Å². The first-order valence-electron chi connectivity index (χ1n) is 15.4. The molecule has 3 aromatic carbocycles. The van der Waals surface area contributed by atoms with E-state index in [1.807, 2.05) is 11.9 Å². The molecule has 248 valence electrons. The number of nitrogens with zero attached hydrogens (tertiary/aromatic N) is 4. The highest BCUT2D eigenvalue weighted by atomic mass is 19.3. The fourth-order valence-corrected chi connectivity index (χ4v) is 7.21. The van der Waals surface area contributed by atoms with Gasteiger partial charge < -0.3 is 24.7 Å². The van der Waals surface area contributed by atoms with Crippen LogP contribution < -0.4 is 9.64 Å². The lowest BCUT2D eigenvalue weighted by Crippen LogP contribution is -2.51. The van der Waals surface area contributed by atoms with Crippen LogP contribution in [0.5, 0.6) is 11.8 Å². The molecular formula is C35H35F5N4O3. The topological polar surface area (TPSA) is 82.0 Å². The average molecular weight is 655 g/mol. The molecule has 2 aliphatic heterocycles. The third-order valence-electron chi connectivity index (χ3n) is 9.47. The number of anilines is 1. The number of hydrogen-bond donors (Lipinski definition) is 2. The molecule has 0 saturated carbocycles. The predicted octanol–water partition coefficient (Wildman–Crippen LogP) is 6.51. The summed E-state index contributed by atoms with van der Waals surface area (Å²) in [6.45, 7) is 4.48. The monoisotopic (exact) mass is 654 g/mol. The molecule has 47 heavy (non-hydrogen) atoms. The van der Waals surface area contributed by atoms with Crippen molar-refractivity contribution in [3.63, 3.8) is 0 Å². The van der Waals surface area contributed by atoms with Gasteiger partial charge in [-0.15, -0.1) is 6.42 Å².